The predicted octanol–water partition coefficient (Wildman–Crippen LogP) is 2.41. The number of aromatic amines is 1. The van der Waals surface area contributed by atoms with E-state index in [9.17, 15) is 9.18 Å². The van der Waals surface area contributed by atoms with Crippen molar-refractivity contribution in [2.24, 2.45) is 0 Å². The van der Waals surface area contributed by atoms with Crippen molar-refractivity contribution in [3.8, 4) is 0 Å². The van der Waals surface area contributed by atoms with Crippen molar-refractivity contribution in [3.63, 3.8) is 0 Å². The van der Waals surface area contributed by atoms with Crippen molar-refractivity contribution >= 4 is 11.6 Å². The highest BCUT2D eigenvalue weighted by atomic mass is 19.1. The molecule has 1 aromatic carbocycles. The topological polar surface area (TPSA) is 44.9 Å². The van der Waals surface area contributed by atoms with E-state index in [1.54, 1.807) is 18.5 Å². The lowest BCUT2D eigenvalue weighted by molar-refractivity contribution is 0.102. The molecular formula is C11H9FN2O. The van der Waals surface area contributed by atoms with Gasteiger partial charge in [-0.25, -0.2) is 4.39 Å². The Kier molecular flexibility index (Phi) is 2.49. The summed E-state index contributed by atoms with van der Waals surface area (Å²) in [6.45, 7) is 0. The summed E-state index contributed by atoms with van der Waals surface area (Å²) in [6, 6.07) is 7.29. The second kappa shape index (κ2) is 3.96. The fourth-order valence-electron chi connectivity index (χ4n) is 1.20. The van der Waals surface area contributed by atoms with Crippen LogP contribution in [-0.4, -0.2) is 10.9 Å². The molecule has 76 valence electrons. The van der Waals surface area contributed by atoms with Crippen LogP contribution < -0.4 is 5.32 Å². The highest BCUT2D eigenvalue weighted by Crippen LogP contribution is 2.09. The normalized spacial score (nSPS) is 9.93. The second-order valence-electron chi connectivity index (χ2n) is 3.06. The molecule has 0 fully saturated rings. The first-order valence-electron chi connectivity index (χ1n) is 4.45. The molecule has 0 saturated carbocycles. The minimum Gasteiger partial charge on any atom is -0.367 e. The van der Waals surface area contributed by atoms with E-state index >= 15 is 0 Å². The van der Waals surface area contributed by atoms with Gasteiger partial charge < -0.3 is 10.3 Å². The third-order valence-corrected chi connectivity index (χ3v) is 1.96. The maximum absolute atomic E-state index is 12.6. The molecule has 0 aliphatic heterocycles. The van der Waals surface area contributed by atoms with Gasteiger partial charge in [0, 0.05) is 18.1 Å². The van der Waals surface area contributed by atoms with Gasteiger partial charge >= 0.3 is 0 Å². The zero-order valence-electron chi connectivity index (χ0n) is 7.83. The van der Waals surface area contributed by atoms with Crippen LogP contribution in [-0.2, 0) is 0 Å². The van der Waals surface area contributed by atoms with Gasteiger partial charge in [-0.05, 0) is 30.3 Å². The summed E-state index contributed by atoms with van der Waals surface area (Å²) in [7, 11) is 0. The highest BCUT2D eigenvalue weighted by molar-refractivity contribution is 6.04. The molecule has 0 atom stereocenters. The first-order chi connectivity index (χ1) is 7.25. The molecule has 2 rings (SSSR count). The fraction of sp³-hybridized carbons (Fsp3) is 0. The van der Waals surface area contributed by atoms with Crippen molar-refractivity contribution in [3.05, 3.63) is 54.1 Å². The number of amides is 1. The third-order valence-electron chi connectivity index (χ3n) is 1.96. The lowest BCUT2D eigenvalue weighted by atomic mass is 10.2. The van der Waals surface area contributed by atoms with Crippen LogP contribution in [0.5, 0.6) is 0 Å². The Morgan fingerprint density at radius 2 is 1.93 bits per heavy atom. The highest BCUT2D eigenvalue weighted by Gasteiger charge is 2.05. The first-order valence-corrected chi connectivity index (χ1v) is 4.45. The van der Waals surface area contributed by atoms with Crippen molar-refractivity contribution in [1.82, 2.24) is 4.98 Å². The summed E-state index contributed by atoms with van der Waals surface area (Å²) >= 11 is 0. The monoisotopic (exact) mass is 204 g/mol. The number of carbonyl (C=O) groups excluding carboxylic acids is 1. The lowest BCUT2D eigenvalue weighted by Gasteiger charge is -2.02. The number of rotatable bonds is 2. The predicted molar refractivity (Wildman–Crippen MR) is 55.1 cm³/mol. The lowest BCUT2D eigenvalue weighted by Crippen LogP contribution is -2.10. The molecule has 0 bridgehead atoms. The Balaban J connectivity index is 2.09. The van der Waals surface area contributed by atoms with Crippen LogP contribution >= 0.6 is 0 Å². The Bertz CT molecular complexity index is 448. The molecule has 0 saturated heterocycles. The number of hydrogen-bond donors (Lipinski definition) is 2. The van der Waals surface area contributed by atoms with E-state index < -0.39 is 0 Å². The van der Waals surface area contributed by atoms with Crippen molar-refractivity contribution in [2.45, 2.75) is 0 Å². The van der Waals surface area contributed by atoms with Gasteiger partial charge in [0.2, 0.25) is 0 Å². The molecule has 0 aliphatic carbocycles. The molecule has 0 spiro atoms. The van der Waals surface area contributed by atoms with E-state index in [2.05, 4.69) is 10.3 Å². The average Bonchev–Trinajstić information content (AvgIpc) is 2.74. The van der Waals surface area contributed by atoms with Crippen LogP contribution in [0.25, 0.3) is 0 Å². The van der Waals surface area contributed by atoms with Gasteiger partial charge in [0.25, 0.3) is 5.91 Å². The van der Waals surface area contributed by atoms with Crippen LogP contribution in [0.3, 0.4) is 0 Å². The summed E-state index contributed by atoms with van der Waals surface area (Å²) in [4.78, 5) is 14.3. The maximum Gasteiger partial charge on any atom is 0.257 e. The van der Waals surface area contributed by atoms with E-state index in [-0.39, 0.29) is 11.7 Å². The summed E-state index contributed by atoms with van der Waals surface area (Å²) in [5.74, 6) is -0.544. The summed E-state index contributed by atoms with van der Waals surface area (Å²) in [5, 5.41) is 2.65. The Labute approximate surface area is 85.9 Å². The van der Waals surface area contributed by atoms with E-state index in [4.69, 9.17) is 0 Å². The molecule has 3 nitrogen and oxygen atoms in total. The van der Waals surface area contributed by atoms with E-state index in [0.717, 1.165) is 0 Å². The van der Waals surface area contributed by atoms with Crippen LogP contribution in [0.1, 0.15) is 10.4 Å². The van der Waals surface area contributed by atoms with Crippen LogP contribution in [0.15, 0.2) is 42.7 Å². The summed E-state index contributed by atoms with van der Waals surface area (Å²) in [5.41, 5.74) is 1.11. The minimum atomic E-state index is -0.324. The van der Waals surface area contributed by atoms with Gasteiger partial charge in [-0.15, -0.1) is 0 Å². The quantitative estimate of drug-likeness (QED) is 0.775. The van der Waals surface area contributed by atoms with Crippen LogP contribution in [0, 0.1) is 5.82 Å². The number of H-pyrrole nitrogens is 1. The molecule has 2 N–H and O–H groups in total. The zero-order valence-corrected chi connectivity index (χ0v) is 7.83. The van der Waals surface area contributed by atoms with Gasteiger partial charge in [-0.1, -0.05) is 0 Å². The smallest absolute Gasteiger partial charge is 0.257 e. The Morgan fingerprint density at radius 1 is 1.20 bits per heavy atom. The van der Waals surface area contributed by atoms with Crippen molar-refractivity contribution < 1.29 is 9.18 Å². The molecule has 15 heavy (non-hydrogen) atoms. The molecule has 1 heterocycles. The molecule has 1 amide bonds. The van der Waals surface area contributed by atoms with Gasteiger partial charge in [0.15, 0.2) is 0 Å². The number of carbonyl (C=O) groups is 1. The van der Waals surface area contributed by atoms with Gasteiger partial charge in [-0.2, -0.15) is 0 Å². The standard InChI is InChI=1S/C11H9FN2O/c12-9-1-3-10(4-2-9)14-11(15)8-5-6-13-7-8/h1-7,13H,(H,14,15). The third kappa shape index (κ3) is 2.22. The Hall–Kier alpha value is -2.10. The molecule has 4 heteroatoms. The van der Waals surface area contributed by atoms with Crippen LogP contribution in [0.2, 0.25) is 0 Å². The van der Waals surface area contributed by atoms with E-state index in [1.807, 2.05) is 0 Å². The Morgan fingerprint density at radius 3 is 2.53 bits per heavy atom. The van der Waals surface area contributed by atoms with Crippen molar-refractivity contribution in [1.29, 1.82) is 0 Å². The zero-order chi connectivity index (χ0) is 10.7. The largest absolute Gasteiger partial charge is 0.367 e. The number of hydrogen-bond acceptors (Lipinski definition) is 1. The average molecular weight is 204 g/mol. The molecule has 2 aromatic rings. The summed E-state index contributed by atoms with van der Waals surface area (Å²) in [6.07, 6.45) is 3.26. The van der Waals surface area contributed by atoms with Crippen LogP contribution in [0.4, 0.5) is 10.1 Å². The van der Waals surface area contributed by atoms with Gasteiger partial charge in [0.1, 0.15) is 5.82 Å². The van der Waals surface area contributed by atoms with E-state index in [0.29, 0.717) is 11.3 Å². The second-order valence-corrected chi connectivity index (χ2v) is 3.06. The maximum atomic E-state index is 12.6. The molecule has 1 aromatic heterocycles. The number of nitrogens with one attached hydrogen (secondary N) is 2. The number of anilines is 1. The minimum absolute atomic E-state index is 0.220. The first kappa shape index (κ1) is 9.45. The SMILES string of the molecule is O=C(Nc1ccc(F)cc1)c1cc[nH]c1. The number of benzene rings is 1. The molecule has 0 radical (unpaired) electrons. The fourth-order valence-corrected chi connectivity index (χ4v) is 1.20. The van der Waals surface area contributed by atoms with E-state index in [1.165, 1.54) is 24.3 Å². The van der Waals surface area contributed by atoms with Gasteiger partial charge in [0.05, 0.1) is 5.56 Å². The number of halogens is 1. The number of aromatic nitrogens is 1. The molecular weight excluding hydrogens is 195 g/mol. The molecule has 0 aliphatic rings. The molecule has 0 unspecified atom stereocenters. The van der Waals surface area contributed by atoms with Gasteiger partial charge in [-0.3, -0.25) is 4.79 Å². The summed E-state index contributed by atoms with van der Waals surface area (Å²) < 4.78 is 12.6. The van der Waals surface area contributed by atoms with Crippen molar-refractivity contribution in [2.75, 3.05) is 5.32 Å².